The number of aliphatic carboxylic acids is 1. The summed E-state index contributed by atoms with van der Waals surface area (Å²) in [6.07, 6.45) is 6.71. The highest BCUT2D eigenvalue weighted by Crippen LogP contribution is 2.32. The molecule has 2 fully saturated rings. The van der Waals surface area contributed by atoms with Gasteiger partial charge in [-0.25, -0.2) is 9.78 Å². The number of thiazole rings is 1. The number of carboxylic acid groups (broad SMARTS) is 1. The molecule has 2 aromatic rings. The molecule has 0 radical (unpaired) electrons. The van der Waals surface area contributed by atoms with Crippen molar-refractivity contribution in [3.63, 3.8) is 0 Å². The maximum atomic E-state index is 14.7. The summed E-state index contributed by atoms with van der Waals surface area (Å²) in [5.41, 5.74) is 0.838. The van der Waals surface area contributed by atoms with Gasteiger partial charge in [-0.2, -0.15) is 0 Å². The molecule has 15 heteroatoms. The van der Waals surface area contributed by atoms with Crippen molar-refractivity contribution in [2.24, 2.45) is 17.8 Å². The van der Waals surface area contributed by atoms with Crippen LogP contribution in [-0.4, -0.2) is 107 Å². The van der Waals surface area contributed by atoms with Gasteiger partial charge in [0.25, 0.3) is 5.91 Å². The number of benzene rings is 1. The van der Waals surface area contributed by atoms with Crippen LogP contribution in [0.5, 0.6) is 5.75 Å². The first-order valence-electron chi connectivity index (χ1n) is 22.2. The molecule has 1 aromatic heterocycles. The Morgan fingerprint density at radius 1 is 0.983 bits per heavy atom. The molecule has 14 nitrogen and oxygen atoms in total. The number of hydrogen-bond acceptors (Lipinski definition) is 11. The highest BCUT2D eigenvalue weighted by atomic mass is 32.1. The number of esters is 1. The van der Waals surface area contributed by atoms with Crippen molar-refractivity contribution >= 4 is 41.0 Å². The minimum atomic E-state index is -0.985. The van der Waals surface area contributed by atoms with Crippen molar-refractivity contribution in [3.05, 3.63) is 45.9 Å². The predicted molar refractivity (Wildman–Crippen MR) is 233 cm³/mol. The minimum absolute atomic E-state index is 0.0417. The maximum absolute atomic E-state index is 14.7. The van der Waals surface area contributed by atoms with E-state index in [4.69, 9.17) is 14.5 Å². The first kappa shape index (κ1) is 48.7. The number of piperidine rings is 1. The van der Waals surface area contributed by atoms with Crippen LogP contribution in [0.2, 0.25) is 0 Å². The minimum Gasteiger partial charge on any atom is -0.481 e. The van der Waals surface area contributed by atoms with Gasteiger partial charge in [0.2, 0.25) is 11.8 Å². The van der Waals surface area contributed by atoms with E-state index in [0.717, 1.165) is 64.5 Å². The number of rotatable bonds is 23. The second-order valence-corrected chi connectivity index (χ2v) is 17.9. The monoisotopic (exact) mass is 854 g/mol. The number of nitrogens with one attached hydrogen (secondary N) is 3. The normalized spacial score (nSPS) is 20.1. The van der Waals surface area contributed by atoms with Crippen LogP contribution >= 0.6 is 11.3 Å². The number of carbonyl (C=O) groups is 5. The van der Waals surface area contributed by atoms with Crippen LogP contribution in [0.4, 0.5) is 0 Å². The van der Waals surface area contributed by atoms with Crippen molar-refractivity contribution in [3.8, 4) is 5.75 Å². The van der Waals surface area contributed by atoms with Gasteiger partial charge in [-0.3, -0.25) is 24.1 Å². The zero-order valence-electron chi connectivity index (χ0n) is 37.0. The van der Waals surface area contributed by atoms with Crippen LogP contribution in [0.3, 0.4) is 0 Å². The molecule has 1 aromatic carbocycles. The second kappa shape index (κ2) is 23.9. The number of aromatic nitrogens is 1. The molecule has 2 saturated heterocycles. The Balaban J connectivity index is 1.55. The van der Waals surface area contributed by atoms with Crippen LogP contribution in [-0.2, 0) is 23.9 Å². The summed E-state index contributed by atoms with van der Waals surface area (Å²) in [5.74, 6) is -2.42. The molecule has 1 unspecified atom stereocenters. The number of ether oxygens (including phenoxy) is 2. The Morgan fingerprint density at radius 2 is 1.72 bits per heavy atom. The molecule has 0 spiro atoms. The SMILES string of the molecule is CCCO[C@H](C[C@H](C(C)C)N(CCC)C(=O)[C@@H](NC(=O)[C@H]1CCCCN1C)[C@@H](C)CC)c1nc(C(=O)NC(C[C@H](C)C(=O)O)c2ccc(OC(=O)[C@H]3CCCN3)cc2)cs1. The van der Waals surface area contributed by atoms with Crippen molar-refractivity contribution in [2.45, 2.75) is 149 Å². The van der Waals surface area contributed by atoms with Crippen molar-refractivity contribution in [2.75, 3.05) is 33.3 Å². The van der Waals surface area contributed by atoms with Gasteiger partial charge in [0, 0.05) is 31.0 Å². The predicted octanol–water partition coefficient (Wildman–Crippen LogP) is 6.52. The quantitative estimate of drug-likeness (QED) is 0.0707. The molecule has 2 aliphatic rings. The van der Waals surface area contributed by atoms with Crippen LogP contribution in [0.25, 0.3) is 0 Å². The first-order valence-corrected chi connectivity index (χ1v) is 23.0. The van der Waals surface area contributed by atoms with Crippen LogP contribution < -0.4 is 20.7 Å². The number of likely N-dealkylation sites (tertiary alicyclic amines) is 1. The third-order valence-corrected chi connectivity index (χ3v) is 12.9. The van der Waals surface area contributed by atoms with Gasteiger partial charge in [0.15, 0.2) is 0 Å². The number of carboxylic acids is 1. The van der Waals surface area contributed by atoms with E-state index in [1.54, 1.807) is 36.6 Å². The van der Waals surface area contributed by atoms with E-state index < -0.39 is 36.0 Å². The van der Waals surface area contributed by atoms with Gasteiger partial charge < -0.3 is 35.4 Å². The van der Waals surface area contributed by atoms with Crippen molar-refractivity contribution in [1.29, 1.82) is 0 Å². The van der Waals surface area contributed by atoms with Gasteiger partial charge in [0.05, 0.1) is 18.0 Å². The topological polar surface area (TPSA) is 179 Å². The Hall–Kier alpha value is -3.92. The summed E-state index contributed by atoms with van der Waals surface area (Å²) in [7, 11) is 1.97. The Bertz CT molecular complexity index is 1700. The fraction of sp³-hybridized carbons (Fsp3) is 0.689. The summed E-state index contributed by atoms with van der Waals surface area (Å²) in [4.78, 5) is 75.5. The number of nitrogens with zero attached hydrogens (tertiary/aromatic N) is 3. The number of hydrogen-bond donors (Lipinski definition) is 4. The van der Waals surface area contributed by atoms with Gasteiger partial charge in [-0.1, -0.05) is 73.4 Å². The third kappa shape index (κ3) is 13.5. The average Bonchev–Trinajstić information content (AvgIpc) is 3.96. The summed E-state index contributed by atoms with van der Waals surface area (Å²) in [5, 5.41) is 21.4. The third-order valence-electron chi connectivity index (χ3n) is 11.9. The van der Waals surface area contributed by atoms with E-state index in [-0.39, 0.29) is 59.9 Å². The lowest BCUT2D eigenvalue weighted by atomic mass is 9.92. The molecule has 3 amide bonds. The second-order valence-electron chi connectivity index (χ2n) is 17.0. The Morgan fingerprint density at radius 3 is 2.32 bits per heavy atom. The molecule has 4 rings (SSSR count). The molecule has 334 valence electrons. The summed E-state index contributed by atoms with van der Waals surface area (Å²) in [6, 6.07) is 4.57. The van der Waals surface area contributed by atoms with Gasteiger partial charge in [-0.15, -0.1) is 11.3 Å². The summed E-state index contributed by atoms with van der Waals surface area (Å²) >= 11 is 1.31. The number of amides is 3. The summed E-state index contributed by atoms with van der Waals surface area (Å²) < 4.78 is 12.0. The van der Waals surface area contributed by atoms with Crippen LogP contribution in [0.1, 0.15) is 146 Å². The molecular weight excluding hydrogens is 785 g/mol. The largest absolute Gasteiger partial charge is 0.481 e. The van der Waals surface area contributed by atoms with Crippen LogP contribution in [0.15, 0.2) is 29.6 Å². The molecule has 4 N–H and O–H groups in total. The fourth-order valence-corrected chi connectivity index (χ4v) is 8.88. The smallest absolute Gasteiger partial charge is 0.328 e. The molecule has 0 aliphatic carbocycles. The van der Waals surface area contributed by atoms with Crippen molar-refractivity contribution in [1.82, 2.24) is 30.7 Å². The van der Waals surface area contributed by atoms with Crippen LogP contribution in [0, 0.1) is 17.8 Å². The van der Waals surface area contributed by atoms with E-state index in [1.165, 1.54) is 11.3 Å². The Labute approximate surface area is 360 Å². The number of likely N-dealkylation sites (N-methyl/N-ethyl adjacent to an activating group) is 1. The summed E-state index contributed by atoms with van der Waals surface area (Å²) in [6.45, 7) is 16.5. The zero-order chi connectivity index (χ0) is 43.9. The van der Waals surface area contributed by atoms with E-state index in [1.807, 2.05) is 39.6 Å². The molecule has 2 aliphatic heterocycles. The lowest BCUT2D eigenvalue weighted by Crippen LogP contribution is -2.58. The molecule has 60 heavy (non-hydrogen) atoms. The van der Waals surface area contributed by atoms with E-state index >= 15 is 0 Å². The standard InChI is InChI=1S/C45H70N6O8S/c1-9-22-51(43(54)39(29(6)11-3)49-41(53)36-16-12-13-23-50(36)8)37(28(4)5)26-38(58-24-10-2)42-48-35(27-60-42)40(52)47-34(25-30(7)44(55)56)31-17-19-32(20-18-31)59-45(57)33-15-14-21-46-33/h17-20,27-30,33-34,36-39,46H,9-16,21-26H2,1-8H3,(H,47,52)(H,49,53)(H,55,56)/t29-,30-,33+,34?,36+,37+,38+,39-/m0/s1. The fourth-order valence-electron chi connectivity index (χ4n) is 8.02. The molecule has 0 bridgehead atoms. The molecule has 3 heterocycles. The van der Waals surface area contributed by atoms with E-state index in [0.29, 0.717) is 35.9 Å². The van der Waals surface area contributed by atoms with E-state index in [9.17, 15) is 29.1 Å². The highest BCUT2D eigenvalue weighted by Gasteiger charge is 2.38. The lowest BCUT2D eigenvalue weighted by molar-refractivity contribution is -0.143. The van der Waals surface area contributed by atoms with Gasteiger partial charge in [-0.05, 0) is 94.6 Å². The number of carbonyl (C=O) groups excluding carboxylic acids is 4. The molecule has 0 saturated carbocycles. The maximum Gasteiger partial charge on any atom is 0.328 e. The van der Waals surface area contributed by atoms with Crippen molar-refractivity contribution < 1.29 is 38.6 Å². The zero-order valence-corrected chi connectivity index (χ0v) is 37.9. The lowest BCUT2D eigenvalue weighted by Gasteiger charge is -2.40. The Kier molecular flexibility index (Phi) is 19.4. The van der Waals surface area contributed by atoms with Gasteiger partial charge >= 0.3 is 11.9 Å². The molecular formula is C45H70N6O8S. The average molecular weight is 855 g/mol. The van der Waals surface area contributed by atoms with E-state index in [2.05, 4.69) is 34.7 Å². The highest BCUT2D eigenvalue weighted by molar-refractivity contribution is 7.09. The first-order chi connectivity index (χ1) is 28.7. The molecule has 8 atom stereocenters. The van der Waals surface area contributed by atoms with Gasteiger partial charge in [0.1, 0.15) is 34.6 Å².